The highest BCUT2D eigenvalue weighted by molar-refractivity contribution is 5.97. The fourth-order valence-corrected chi connectivity index (χ4v) is 1.59. The molecule has 2 aromatic rings. The van der Waals surface area contributed by atoms with E-state index in [-0.39, 0.29) is 11.2 Å². The van der Waals surface area contributed by atoms with Gasteiger partial charge in [-0.2, -0.15) is 0 Å². The van der Waals surface area contributed by atoms with Crippen molar-refractivity contribution in [3.63, 3.8) is 0 Å². The number of nitrogens with zero attached hydrogens (tertiary/aromatic N) is 1. The minimum absolute atomic E-state index is 0.109. The molecule has 1 aromatic heterocycles. The molecule has 0 N–H and O–H groups in total. The number of hydrogen-bond donors (Lipinski definition) is 0. The number of ketones is 1. The summed E-state index contributed by atoms with van der Waals surface area (Å²) >= 11 is 0. The monoisotopic (exact) mass is 239 g/mol. The lowest BCUT2D eigenvalue weighted by Crippen LogP contribution is -2.17. The van der Waals surface area contributed by atoms with Crippen LogP contribution in [-0.4, -0.2) is 10.8 Å². The van der Waals surface area contributed by atoms with Crippen LogP contribution in [0.15, 0.2) is 42.5 Å². The van der Waals surface area contributed by atoms with Crippen LogP contribution >= 0.6 is 0 Å². The quantitative estimate of drug-likeness (QED) is 0.745. The average Bonchev–Trinajstić information content (AvgIpc) is 2.34. The van der Waals surface area contributed by atoms with Crippen LogP contribution in [0, 0.1) is 5.41 Å². The molecule has 0 aliphatic carbocycles. The Balaban J connectivity index is 2.27. The fraction of sp³-hybridized carbons (Fsp3) is 0.250. The Morgan fingerprint density at radius 3 is 2.56 bits per heavy atom. The molecule has 1 aromatic carbocycles. The zero-order chi connectivity index (χ0) is 13.2. The maximum absolute atomic E-state index is 11.8. The predicted octanol–water partition coefficient (Wildman–Crippen LogP) is 3.86. The summed E-state index contributed by atoms with van der Waals surface area (Å²) in [5.74, 6) is 0.109. The van der Waals surface area contributed by atoms with Crippen LogP contribution in [0.2, 0.25) is 0 Å². The first-order valence-corrected chi connectivity index (χ1v) is 6.05. The van der Waals surface area contributed by atoms with E-state index in [1.807, 2.05) is 57.2 Å². The zero-order valence-corrected chi connectivity index (χ0v) is 11.0. The summed E-state index contributed by atoms with van der Waals surface area (Å²) in [6.07, 6.45) is 3.39. The van der Waals surface area contributed by atoms with Gasteiger partial charge in [0.05, 0.1) is 11.2 Å². The van der Waals surface area contributed by atoms with Crippen molar-refractivity contribution in [2.75, 3.05) is 0 Å². The average molecular weight is 239 g/mol. The Morgan fingerprint density at radius 2 is 1.83 bits per heavy atom. The summed E-state index contributed by atoms with van der Waals surface area (Å²) in [5.41, 5.74) is 1.42. The number of carbonyl (C=O) groups excluding carboxylic acids is 1. The smallest absolute Gasteiger partial charge is 0.161 e. The van der Waals surface area contributed by atoms with Crippen molar-refractivity contribution in [3.05, 3.63) is 48.2 Å². The number of fused-ring (bicyclic) bond motifs is 1. The molecule has 0 radical (unpaired) electrons. The normalized spacial score (nSPS) is 12.2. The van der Waals surface area contributed by atoms with E-state index in [1.165, 1.54) is 0 Å². The molecule has 0 saturated heterocycles. The van der Waals surface area contributed by atoms with Gasteiger partial charge < -0.3 is 0 Å². The van der Waals surface area contributed by atoms with Crippen molar-refractivity contribution >= 4 is 22.8 Å². The number of rotatable bonds is 2. The van der Waals surface area contributed by atoms with Crippen molar-refractivity contribution in [2.45, 2.75) is 20.8 Å². The van der Waals surface area contributed by atoms with E-state index < -0.39 is 0 Å². The standard InChI is InChI=1S/C16H17NO/c1-16(2,3)15(18)11-10-13-9-8-12-6-4-5-7-14(12)17-13/h4-11H,1-3H3. The summed E-state index contributed by atoms with van der Waals surface area (Å²) < 4.78 is 0. The lowest BCUT2D eigenvalue weighted by Gasteiger charge is -2.12. The number of pyridine rings is 1. The molecule has 1 heterocycles. The Bertz CT molecular complexity index is 606. The van der Waals surface area contributed by atoms with E-state index in [1.54, 1.807) is 12.2 Å². The molecule has 0 atom stereocenters. The molecule has 0 aliphatic heterocycles. The Labute approximate surface area is 107 Å². The van der Waals surface area contributed by atoms with E-state index >= 15 is 0 Å². The van der Waals surface area contributed by atoms with Gasteiger partial charge in [-0.15, -0.1) is 0 Å². The second kappa shape index (κ2) is 4.73. The number of benzene rings is 1. The van der Waals surface area contributed by atoms with Crippen molar-refractivity contribution in [3.8, 4) is 0 Å². The lowest BCUT2D eigenvalue weighted by molar-refractivity contribution is -0.121. The molecule has 0 amide bonds. The SMILES string of the molecule is CC(C)(C)C(=O)C=Cc1ccc2ccccc2n1. The van der Waals surface area contributed by atoms with Crippen molar-refractivity contribution in [2.24, 2.45) is 5.41 Å². The van der Waals surface area contributed by atoms with Crippen LogP contribution in [-0.2, 0) is 4.79 Å². The molecule has 18 heavy (non-hydrogen) atoms. The fourth-order valence-electron chi connectivity index (χ4n) is 1.59. The molecule has 0 bridgehead atoms. The van der Waals surface area contributed by atoms with Crippen LogP contribution in [0.1, 0.15) is 26.5 Å². The van der Waals surface area contributed by atoms with Gasteiger partial charge in [0.15, 0.2) is 5.78 Å². The lowest BCUT2D eigenvalue weighted by atomic mass is 9.90. The van der Waals surface area contributed by atoms with Crippen molar-refractivity contribution < 1.29 is 4.79 Å². The molecular formula is C16H17NO. The van der Waals surface area contributed by atoms with E-state index in [4.69, 9.17) is 0 Å². The maximum atomic E-state index is 11.8. The van der Waals surface area contributed by atoms with Gasteiger partial charge in [0, 0.05) is 10.8 Å². The first-order valence-electron chi connectivity index (χ1n) is 6.05. The molecular weight excluding hydrogens is 222 g/mol. The van der Waals surface area contributed by atoms with E-state index in [9.17, 15) is 4.79 Å². The second-order valence-corrected chi connectivity index (χ2v) is 5.38. The van der Waals surface area contributed by atoms with Crippen LogP contribution in [0.5, 0.6) is 0 Å². The van der Waals surface area contributed by atoms with Crippen LogP contribution in [0.4, 0.5) is 0 Å². The summed E-state index contributed by atoms with van der Waals surface area (Å²) in [4.78, 5) is 16.3. The molecule has 0 aliphatic rings. The molecule has 2 rings (SSSR count). The maximum Gasteiger partial charge on any atom is 0.161 e. The largest absolute Gasteiger partial charge is 0.294 e. The summed E-state index contributed by atoms with van der Waals surface area (Å²) in [6.45, 7) is 5.73. The number of allylic oxidation sites excluding steroid dienone is 1. The van der Waals surface area contributed by atoms with Gasteiger partial charge >= 0.3 is 0 Å². The third-order valence-electron chi connectivity index (χ3n) is 2.76. The Hall–Kier alpha value is -1.96. The molecule has 0 saturated carbocycles. The minimum Gasteiger partial charge on any atom is -0.294 e. The van der Waals surface area contributed by atoms with Gasteiger partial charge in [-0.3, -0.25) is 4.79 Å². The second-order valence-electron chi connectivity index (χ2n) is 5.38. The topological polar surface area (TPSA) is 30.0 Å². The van der Waals surface area contributed by atoms with Gasteiger partial charge in [-0.05, 0) is 24.3 Å². The van der Waals surface area contributed by atoms with E-state index in [0.717, 1.165) is 16.6 Å². The summed E-state index contributed by atoms with van der Waals surface area (Å²) in [5, 5.41) is 1.11. The molecule has 0 fully saturated rings. The van der Waals surface area contributed by atoms with Gasteiger partial charge in [-0.25, -0.2) is 4.98 Å². The zero-order valence-electron chi connectivity index (χ0n) is 11.0. The molecule has 92 valence electrons. The van der Waals surface area contributed by atoms with Gasteiger partial charge in [0.1, 0.15) is 0 Å². The van der Waals surface area contributed by atoms with Crippen molar-refractivity contribution in [1.29, 1.82) is 0 Å². The summed E-state index contributed by atoms with van der Waals surface area (Å²) in [6, 6.07) is 11.9. The van der Waals surface area contributed by atoms with Crippen LogP contribution in [0.25, 0.3) is 17.0 Å². The first-order chi connectivity index (χ1) is 8.47. The molecule has 0 spiro atoms. The highest BCUT2D eigenvalue weighted by Gasteiger charge is 2.17. The minimum atomic E-state index is -0.340. The van der Waals surface area contributed by atoms with E-state index in [2.05, 4.69) is 4.98 Å². The molecule has 2 nitrogen and oxygen atoms in total. The first kappa shape index (κ1) is 12.5. The third kappa shape index (κ3) is 2.83. The third-order valence-corrected chi connectivity index (χ3v) is 2.76. The predicted molar refractivity (Wildman–Crippen MR) is 75.2 cm³/mol. The van der Waals surface area contributed by atoms with Gasteiger partial charge in [0.2, 0.25) is 0 Å². The van der Waals surface area contributed by atoms with Gasteiger partial charge in [0.25, 0.3) is 0 Å². The number of hydrogen-bond acceptors (Lipinski definition) is 2. The van der Waals surface area contributed by atoms with Crippen LogP contribution in [0.3, 0.4) is 0 Å². The Morgan fingerprint density at radius 1 is 1.11 bits per heavy atom. The number of para-hydroxylation sites is 1. The van der Waals surface area contributed by atoms with E-state index in [0.29, 0.717) is 0 Å². The van der Waals surface area contributed by atoms with Crippen molar-refractivity contribution in [1.82, 2.24) is 4.98 Å². The number of aromatic nitrogens is 1. The highest BCUT2D eigenvalue weighted by Crippen LogP contribution is 2.17. The van der Waals surface area contributed by atoms with Gasteiger partial charge in [-0.1, -0.05) is 45.0 Å². The highest BCUT2D eigenvalue weighted by atomic mass is 16.1. The Kier molecular flexibility index (Phi) is 3.28. The summed E-state index contributed by atoms with van der Waals surface area (Å²) in [7, 11) is 0. The number of carbonyl (C=O) groups is 1. The van der Waals surface area contributed by atoms with Crippen LogP contribution < -0.4 is 0 Å². The molecule has 0 unspecified atom stereocenters. The molecule has 2 heteroatoms.